The maximum atomic E-state index is 3.52. The fourth-order valence-corrected chi connectivity index (χ4v) is 3.38. The molecule has 19 heavy (non-hydrogen) atoms. The molecule has 0 saturated carbocycles. The second-order valence-electron chi connectivity index (χ2n) is 5.65. The minimum atomic E-state index is 0.445. The number of hydrogen-bond donors (Lipinski definition) is 3. The van der Waals surface area contributed by atoms with Crippen LogP contribution in [0.25, 0.3) is 10.9 Å². The Morgan fingerprint density at radius 1 is 1.37 bits per heavy atom. The van der Waals surface area contributed by atoms with Crippen molar-refractivity contribution in [1.82, 2.24) is 15.6 Å². The number of para-hydroxylation sites is 1. The van der Waals surface area contributed by atoms with E-state index in [1.165, 1.54) is 48.1 Å². The lowest BCUT2D eigenvalue weighted by Crippen LogP contribution is -2.21. The smallest absolute Gasteiger partial charge is 0.0459 e. The zero-order valence-corrected chi connectivity index (χ0v) is 11.8. The SMILES string of the molecule is CNC(CC1CCNC1)c1c(C)[nH]c2ccccc12. The van der Waals surface area contributed by atoms with E-state index in [0.29, 0.717) is 6.04 Å². The highest BCUT2D eigenvalue weighted by Crippen LogP contribution is 2.32. The van der Waals surface area contributed by atoms with E-state index in [2.05, 4.69) is 53.9 Å². The minimum Gasteiger partial charge on any atom is -0.358 e. The van der Waals surface area contributed by atoms with Crippen LogP contribution < -0.4 is 10.6 Å². The molecule has 0 aliphatic carbocycles. The van der Waals surface area contributed by atoms with Crippen molar-refractivity contribution in [3.8, 4) is 0 Å². The van der Waals surface area contributed by atoms with E-state index in [4.69, 9.17) is 0 Å². The summed E-state index contributed by atoms with van der Waals surface area (Å²) in [4.78, 5) is 3.51. The third-order valence-electron chi connectivity index (χ3n) is 4.37. The highest BCUT2D eigenvalue weighted by molar-refractivity contribution is 5.85. The summed E-state index contributed by atoms with van der Waals surface area (Å²) in [5, 5.41) is 8.35. The molecular weight excluding hydrogens is 234 g/mol. The molecular formula is C16H23N3. The Morgan fingerprint density at radius 3 is 2.95 bits per heavy atom. The van der Waals surface area contributed by atoms with Gasteiger partial charge in [-0.15, -0.1) is 0 Å². The summed E-state index contributed by atoms with van der Waals surface area (Å²) in [7, 11) is 2.08. The molecule has 1 saturated heterocycles. The van der Waals surface area contributed by atoms with E-state index >= 15 is 0 Å². The summed E-state index contributed by atoms with van der Waals surface area (Å²) in [6.45, 7) is 4.53. The lowest BCUT2D eigenvalue weighted by molar-refractivity contribution is 0.431. The van der Waals surface area contributed by atoms with Crippen LogP contribution in [-0.2, 0) is 0 Å². The van der Waals surface area contributed by atoms with Crippen molar-refractivity contribution < 1.29 is 0 Å². The molecule has 0 radical (unpaired) electrons. The maximum Gasteiger partial charge on any atom is 0.0459 e. The first kappa shape index (κ1) is 12.7. The van der Waals surface area contributed by atoms with Crippen molar-refractivity contribution in [1.29, 1.82) is 0 Å². The molecule has 102 valence electrons. The van der Waals surface area contributed by atoms with Crippen molar-refractivity contribution in [3.05, 3.63) is 35.5 Å². The molecule has 2 atom stereocenters. The van der Waals surface area contributed by atoms with Crippen molar-refractivity contribution in [2.75, 3.05) is 20.1 Å². The van der Waals surface area contributed by atoms with Crippen LogP contribution in [0.5, 0.6) is 0 Å². The molecule has 1 aromatic carbocycles. The molecule has 2 aromatic rings. The quantitative estimate of drug-likeness (QED) is 0.788. The average Bonchev–Trinajstić information content (AvgIpc) is 3.02. The van der Waals surface area contributed by atoms with Crippen molar-refractivity contribution in [3.63, 3.8) is 0 Å². The third-order valence-corrected chi connectivity index (χ3v) is 4.37. The van der Waals surface area contributed by atoms with E-state index in [-0.39, 0.29) is 0 Å². The number of aryl methyl sites for hydroxylation is 1. The minimum absolute atomic E-state index is 0.445. The van der Waals surface area contributed by atoms with Gasteiger partial charge in [0.15, 0.2) is 0 Å². The predicted molar refractivity (Wildman–Crippen MR) is 80.4 cm³/mol. The van der Waals surface area contributed by atoms with Crippen LogP contribution in [0.15, 0.2) is 24.3 Å². The molecule has 0 bridgehead atoms. The fraction of sp³-hybridized carbons (Fsp3) is 0.500. The number of H-pyrrole nitrogens is 1. The topological polar surface area (TPSA) is 39.8 Å². The Labute approximate surface area is 114 Å². The van der Waals surface area contributed by atoms with Gasteiger partial charge in [-0.1, -0.05) is 18.2 Å². The van der Waals surface area contributed by atoms with Crippen molar-refractivity contribution in [2.45, 2.75) is 25.8 Å². The van der Waals surface area contributed by atoms with Gasteiger partial charge in [0.25, 0.3) is 0 Å². The van der Waals surface area contributed by atoms with Gasteiger partial charge in [-0.2, -0.15) is 0 Å². The van der Waals surface area contributed by atoms with Gasteiger partial charge in [0, 0.05) is 22.6 Å². The summed E-state index contributed by atoms with van der Waals surface area (Å²) < 4.78 is 0. The molecule has 3 nitrogen and oxygen atoms in total. The van der Waals surface area contributed by atoms with E-state index < -0.39 is 0 Å². The zero-order valence-electron chi connectivity index (χ0n) is 11.8. The monoisotopic (exact) mass is 257 g/mol. The van der Waals surface area contributed by atoms with Gasteiger partial charge in [0.05, 0.1) is 0 Å². The first-order chi connectivity index (χ1) is 9.29. The largest absolute Gasteiger partial charge is 0.358 e. The molecule has 3 heteroatoms. The number of benzene rings is 1. The summed E-state index contributed by atoms with van der Waals surface area (Å²) in [5.41, 5.74) is 4.00. The van der Waals surface area contributed by atoms with Crippen LogP contribution in [-0.4, -0.2) is 25.1 Å². The van der Waals surface area contributed by atoms with E-state index in [1.807, 2.05) is 0 Å². The molecule has 1 aliphatic heterocycles. The Morgan fingerprint density at radius 2 is 2.21 bits per heavy atom. The highest BCUT2D eigenvalue weighted by Gasteiger charge is 2.23. The average molecular weight is 257 g/mol. The summed E-state index contributed by atoms with van der Waals surface area (Å²) in [6.07, 6.45) is 2.52. The number of hydrogen-bond acceptors (Lipinski definition) is 2. The standard InChI is InChI=1S/C16H23N3/c1-11-16(13-5-3-4-6-14(13)19-11)15(17-2)9-12-7-8-18-10-12/h3-6,12,15,17-19H,7-10H2,1-2H3. The second kappa shape index (κ2) is 5.35. The van der Waals surface area contributed by atoms with Gasteiger partial charge < -0.3 is 15.6 Å². The number of rotatable bonds is 4. The number of aromatic amines is 1. The van der Waals surface area contributed by atoms with Gasteiger partial charge >= 0.3 is 0 Å². The Bertz CT molecular complexity index is 552. The van der Waals surface area contributed by atoms with Crippen LogP contribution in [0.4, 0.5) is 0 Å². The molecule has 1 fully saturated rings. The molecule has 0 amide bonds. The van der Waals surface area contributed by atoms with Crippen LogP contribution in [0.1, 0.15) is 30.1 Å². The molecule has 0 spiro atoms. The van der Waals surface area contributed by atoms with Gasteiger partial charge in [-0.25, -0.2) is 0 Å². The van der Waals surface area contributed by atoms with Crippen molar-refractivity contribution >= 4 is 10.9 Å². The van der Waals surface area contributed by atoms with Gasteiger partial charge in [-0.3, -0.25) is 0 Å². The molecule has 3 N–H and O–H groups in total. The van der Waals surface area contributed by atoms with Crippen LogP contribution >= 0.6 is 0 Å². The summed E-state index contributed by atoms with van der Waals surface area (Å²) in [5.74, 6) is 0.797. The predicted octanol–water partition coefficient (Wildman–Crippen LogP) is 2.74. The Hall–Kier alpha value is -1.32. The van der Waals surface area contributed by atoms with E-state index in [0.717, 1.165) is 5.92 Å². The molecule has 1 aliphatic rings. The Kier molecular flexibility index (Phi) is 3.58. The van der Waals surface area contributed by atoms with Gasteiger partial charge in [-0.05, 0) is 57.5 Å². The molecule has 3 rings (SSSR count). The number of nitrogens with one attached hydrogen (secondary N) is 3. The maximum absolute atomic E-state index is 3.52. The fourth-order valence-electron chi connectivity index (χ4n) is 3.38. The zero-order chi connectivity index (χ0) is 13.2. The lowest BCUT2D eigenvalue weighted by Gasteiger charge is -2.20. The first-order valence-corrected chi connectivity index (χ1v) is 7.24. The molecule has 1 aromatic heterocycles. The number of aromatic nitrogens is 1. The lowest BCUT2D eigenvalue weighted by atomic mass is 9.92. The van der Waals surface area contributed by atoms with Crippen LogP contribution in [0.2, 0.25) is 0 Å². The summed E-state index contributed by atoms with van der Waals surface area (Å²) >= 11 is 0. The normalized spacial score (nSPS) is 21.1. The third kappa shape index (κ3) is 2.40. The molecule has 2 unspecified atom stereocenters. The van der Waals surface area contributed by atoms with Crippen LogP contribution in [0.3, 0.4) is 0 Å². The highest BCUT2D eigenvalue weighted by atomic mass is 14.9. The van der Waals surface area contributed by atoms with Crippen LogP contribution in [0, 0.1) is 12.8 Å². The summed E-state index contributed by atoms with van der Waals surface area (Å²) in [6, 6.07) is 9.06. The van der Waals surface area contributed by atoms with Crippen molar-refractivity contribution in [2.24, 2.45) is 5.92 Å². The van der Waals surface area contributed by atoms with Gasteiger partial charge in [0.2, 0.25) is 0 Å². The second-order valence-corrected chi connectivity index (χ2v) is 5.65. The first-order valence-electron chi connectivity index (χ1n) is 7.24. The van der Waals surface area contributed by atoms with Gasteiger partial charge in [0.1, 0.15) is 0 Å². The van der Waals surface area contributed by atoms with E-state index in [1.54, 1.807) is 0 Å². The molecule has 2 heterocycles. The Balaban J connectivity index is 1.93. The van der Waals surface area contributed by atoms with E-state index in [9.17, 15) is 0 Å². The number of fused-ring (bicyclic) bond motifs is 1.